The molecule has 0 fully saturated rings. The number of ether oxygens (including phenoxy) is 1. The predicted octanol–water partition coefficient (Wildman–Crippen LogP) is 5.92. The second kappa shape index (κ2) is 9.62. The molecule has 0 atom stereocenters. The van der Waals surface area contributed by atoms with Gasteiger partial charge in [0.1, 0.15) is 17.1 Å². The number of aromatic nitrogens is 3. The van der Waals surface area contributed by atoms with Gasteiger partial charge in [0.15, 0.2) is 11.6 Å². The number of rotatable bonds is 5. The summed E-state index contributed by atoms with van der Waals surface area (Å²) in [6.07, 6.45) is 4.44. The molecule has 184 valence electrons. The van der Waals surface area contributed by atoms with Crippen LogP contribution >= 0.6 is 0 Å². The third-order valence-electron chi connectivity index (χ3n) is 5.79. The Morgan fingerprint density at radius 2 is 1.76 bits per heavy atom. The second-order valence-electron chi connectivity index (χ2n) is 8.39. The Bertz CT molecular complexity index is 1720. The van der Waals surface area contributed by atoms with E-state index in [0.717, 1.165) is 11.8 Å². The molecule has 1 amide bonds. The number of nitrogens with one attached hydrogen (secondary N) is 2. The van der Waals surface area contributed by atoms with Crippen LogP contribution in [0.4, 0.5) is 14.5 Å². The van der Waals surface area contributed by atoms with Crippen molar-refractivity contribution < 1.29 is 18.3 Å². The Balaban J connectivity index is 1.40. The summed E-state index contributed by atoms with van der Waals surface area (Å²) in [4.78, 5) is 37.3. The smallest absolute Gasteiger partial charge is 0.261 e. The van der Waals surface area contributed by atoms with Crippen LogP contribution in [-0.4, -0.2) is 20.9 Å². The highest BCUT2D eigenvalue weighted by molar-refractivity contribution is 6.04. The molecule has 0 radical (unpaired) electrons. The number of carbonyl (C=O) groups excluding carboxylic acids is 1. The fourth-order valence-electron chi connectivity index (χ4n) is 3.95. The monoisotopic (exact) mass is 498 g/mol. The summed E-state index contributed by atoms with van der Waals surface area (Å²) in [5.74, 6) is -1.51. The Morgan fingerprint density at radius 3 is 2.51 bits per heavy atom. The average molecular weight is 498 g/mol. The molecular weight excluding hydrogens is 478 g/mol. The molecule has 0 aliphatic carbocycles. The van der Waals surface area contributed by atoms with Gasteiger partial charge in [-0.15, -0.1) is 0 Å². The van der Waals surface area contributed by atoms with Crippen LogP contribution in [0.3, 0.4) is 0 Å². The van der Waals surface area contributed by atoms with Crippen LogP contribution in [0.15, 0.2) is 78.0 Å². The second-order valence-corrected chi connectivity index (χ2v) is 8.39. The van der Waals surface area contributed by atoms with Crippen molar-refractivity contribution in [1.29, 1.82) is 0 Å². The number of aromatic amines is 1. The van der Waals surface area contributed by atoms with Crippen LogP contribution in [0.25, 0.3) is 22.0 Å². The van der Waals surface area contributed by atoms with Gasteiger partial charge in [0.25, 0.3) is 5.91 Å². The van der Waals surface area contributed by atoms with E-state index < -0.39 is 23.0 Å². The van der Waals surface area contributed by atoms with Crippen LogP contribution in [0.2, 0.25) is 0 Å². The number of halogens is 2. The molecule has 0 spiro atoms. The number of amides is 1. The molecule has 0 saturated heterocycles. The maximum Gasteiger partial charge on any atom is 0.261 e. The van der Waals surface area contributed by atoms with Gasteiger partial charge < -0.3 is 15.0 Å². The van der Waals surface area contributed by atoms with Crippen LogP contribution in [0.5, 0.6) is 11.5 Å². The zero-order chi connectivity index (χ0) is 26.1. The van der Waals surface area contributed by atoms with Crippen molar-refractivity contribution in [3.05, 3.63) is 112 Å². The highest BCUT2D eigenvalue weighted by Gasteiger charge is 2.18. The first-order chi connectivity index (χ1) is 17.8. The average Bonchev–Trinajstić information content (AvgIpc) is 2.87. The number of hydrogen-bond donors (Lipinski definition) is 2. The van der Waals surface area contributed by atoms with Crippen molar-refractivity contribution in [3.8, 4) is 22.6 Å². The molecule has 0 unspecified atom stereocenters. The standard InChI is InChI=1S/C28H20F2N4O3/c1-15-11-20-23(14-32-15)31-10-9-24(20)37-25-8-7-19(12-22(25)30)34-28(36)21-13-33-16(2)26(27(21)35)17-3-5-18(29)6-4-17/h3-14H,1-2H3,(H,33,35)(H,34,36). The van der Waals surface area contributed by atoms with E-state index in [2.05, 4.69) is 20.3 Å². The van der Waals surface area contributed by atoms with Gasteiger partial charge in [-0.25, -0.2) is 8.78 Å². The molecule has 7 nitrogen and oxygen atoms in total. The van der Waals surface area contributed by atoms with Crippen molar-refractivity contribution >= 4 is 22.5 Å². The summed E-state index contributed by atoms with van der Waals surface area (Å²) < 4.78 is 34.0. The summed E-state index contributed by atoms with van der Waals surface area (Å²) in [6, 6.07) is 12.8. The summed E-state index contributed by atoms with van der Waals surface area (Å²) >= 11 is 0. The number of carbonyl (C=O) groups is 1. The van der Waals surface area contributed by atoms with Crippen molar-refractivity contribution in [2.75, 3.05) is 5.32 Å². The highest BCUT2D eigenvalue weighted by atomic mass is 19.1. The number of fused-ring (bicyclic) bond motifs is 1. The van der Waals surface area contributed by atoms with Crippen molar-refractivity contribution in [3.63, 3.8) is 0 Å². The summed E-state index contributed by atoms with van der Waals surface area (Å²) in [5, 5.41) is 3.23. The summed E-state index contributed by atoms with van der Waals surface area (Å²) in [7, 11) is 0. The Kier molecular flexibility index (Phi) is 6.19. The topological polar surface area (TPSA) is 97.0 Å². The Morgan fingerprint density at radius 1 is 0.973 bits per heavy atom. The fourth-order valence-corrected chi connectivity index (χ4v) is 3.95. The molecule has 0 aliphatic rings. The van der Waals surface area contributed by atoms with Crippen LogP contribution in [0, 0.1) is 25.5 Å². The molecule has 37 heavy (non-hydrogen) atoms. The zero-order valence-electron chi connectivity index (χ0n) is 19.8. The Labute approximate surface area is 209 Å². The minimum absolute atomic E-state index is 0.0493. The molecule has 2 aromatic carbocycles. The predicted molar refractivity (Wildman–Crippen MR) is 136 cm³/mol. The summed E-state index contributed by atoms with van der Waals surface area (Å²) in [5.41, 5.74) is 2.05. The molecular formula is C28H20F2N4O3. The van der Waals surface area contributed by atoms with Crippen molar-refractivity contribution in [2.24, 2.45) is 0 Å². The molecule has 0 saturated carbocycles. The number of pyridine rings is 3. The lowest BCUT2D eigenvalue weighted by molar-refractivity contribution is 0.102. The molecule has 5 aromatic rings. The molecule has 9 heteroatoms. The van der Waals surface area contributed by atoms with Crippen LogP contribution in [-0.2, 0) is 0 Å². The zero-order valence-corrected chi connectivity index (χ0v) is 19.8. The molecule has 0 bridgehead atoms. The van der Waals surface area contributed by atoms with E-state index >= 15 is 0 Å². The minimum Gasteiger partial charge on any atom is -0.454 e. The quantitative estimate of drug-likeness (QED) is 0.313. The third-order valence-corrected chi connectivity index (χ3v) is 5.79. The van der Waals surface area contributed by atoms with E-state index in [-0.39, 0.29) is 22.6 Å². The van der Waals surface area contributed by atoms with Gasteiger partial charge in [-0.3, -0.25) is 19.6 Å². The number of anilines is 1. The van der Waals surface area contributed by atoms with Gasteiger partial charge in [-0.2, -0.15) is 0 Å². The first-order valence-corrected chi connectivity index (χ1v) is 11.3. The number of aryl methyl sites for hydroxylation is 2. The van der Waals surface area contributed by atoms with E-state index in [9.17, 15) is 18.4 Å². The first-order valence-electron chi connectivity index (χ1n) is 11.3. The van der Waals surface area contributed by atoms with E-state index in [0.29, 0.717) is 27.9 Å². The van der Waals surface area contributed by atoms with Gasteiger partial charge in [-0.05, 0) is 55.8 Å². The van der Waals surface area contributed by atoms with Gasteiger partial charge >= 0.3 is 0 Å². The molecule has 5 rings (SSSR count). The van der Waals surface area contributed by atoms with E-state index in [1.165, 1.54) is 42.6 Å². The van der Waals surface area contributed by atoms with Gasteiger partial charge in [0, 0.05) is 46.5 Å². The first kappa shape index (κ1) is 23.8. The minimum atomic E-state index is -0.721. The highest BCUT2D eigenvalue weighted by Crippen LogP contribution is 2.31. The summed E-state index contributed by atoms with van der Waals surface area (Å²) in [6.45, 7) is 3.51. The largest absolute Gasteiger partial charge is 0.454 e. The van der Waals surface area contributed by atoms with Gasteiger partial charge in [-0.1, -0.05) is 12.1 Å². The lowest BCUT2D eigenvalue weighted by Gasteiger charge is -2.12. The maximum atomic E-state index is 14.9. The van der Waals surface area contributed by atoms with Crippen LogP contribution < -0.4 is 15.5 Å². The normalized spacial score (nSPS) is 10.9. The van der Waals surface area contributed by atoms with E-state index in [1.807, 2.05) is 6.92 Å². The van der Waals surface area contributed by atoms with Gasteiger partial charge in [0.05, 0.1) is 11.7 Å². The third kappa shape index (κ3) is 4.79. The van der Waals surface area contributed by atoms with Gasteiger partial charge in [0.2, 0.25) is 5.43 Å². The maximum absolute atomic E-state index is 14.9. The SMILES string of the molecule is Cc1cc2c(Oc3ccc(NC(=O)c4c[nH]c(C)c(-c5ccc(F)cc5)c4=O)cc3F)ccnc2cn1. The molecule has 0 aliphatic heterocycles. The van der Waals surface area contributed by atoms with E-state index in [4.69, 9.17) is 4.74 Å². The number of benzene rings is 2. The van der Waals surface area contributed by atoms with E-state index in [1.54, 1.807) is 31.5 Å². The lowest BCUT2D eigenvalue weighted by atomic mass is 10.0. The number of H-pyrrole nitrogens is 1. The lowest BCUT2D eigenvalue weighted by Crippen LogP contribution is -2.23. The number of hydrogen-bond acceptors (Lipinski definition) is 5. The Hall–Kier alpha value is -4.92. The molecule has 3 aromatic heterocycles. The van der Waals surface area contributed by atoms with Crippen molar-refractivity contribution in [2.45, 2.75) is 13.8 Å². The van der Waals surface area contributed by atoms with Crippen LogP contribution in [0.1, 0.15) is 21.7 Å². The van der Waals surface area contributed by atoms with Crippen molar-refractivity contribution in [1.82, 2.24) is 15.0 Å². The molecule has 3 heterocycles. The molecule has 2 N–H and O–H groups in total. The fraction of sp³-hybridized carbons (Fsp3) is 0.0714. The number of nitrogens with zero attached hydrogens (tertiary/aromatic N) is 2.